The van der Waals surface area contributed by atoms with Gasteiger partial charge in [0, 0.05) is 18.0 Å². The monoisotopic (exact) mass is 226 g/mol. The zero-order valence-corrected chi connectivity index (χ0v) is 9.97. The number of hydrogen-bond acceptors (Lipinski definition) is 2. The molecule has 17 heavy (non-hydrogen) atoms. The van der Waals surface area contributed by atoms with E-state index in [1.165, 1.54) is 36.9 Å². The van der Waals surface area contributed by atoms with Gasteiger partial charge in [-0.25, -0.2) is 0 Å². The SMILES string of the molecule is C1=N[C@H]2CCCC[C@H]2NC(c2ccccc2)=C1. The van der Waals surface area contributed by atoms with Gasteiger partial charge < -0.3 is 5.32 Å². The Morgan fingerprint density at radius 1 is 1.06 bits per heavy atom. The van der Waals surface area contributed by atoms with Crippen molar-refractivity contribution in [2.75, 3.05) is 0 Å². The van der Waals surface area contributed by atoms with Crippen LogP contribution in [-0.4, -0.2) is 18.3 Å². The fraction of sp³-hybridized carbons (Fsp3) is 0.400. The third-order valence-corrected chi connectivity index (χ3v) is 3.67. The first-order valence-corrected chi connectivity index (χ1v) is 6.49. The predicted octanol–water partition coefficient (Wildman–Crippen LogP) is 3.01. The maximum Gasteiger partial charge on any atom is 0.0700 e. The van der Waals surface area contributed by atoms with Crippen LogP contribution in [0.1, 0.15) is 31.2 Å². The van der Waals surface area contributed by atoms with Crippen molar-refractivity contribution < 1.29 is 0 Å². The third-order valence-electron chi connectivity index (χ3n) is 3.67. The molecular weight excluding hydrogens is 208 g/mol. The molecular formula is C15H18N2. The van der Waals surface area contributed by atoms with Crippen LogP contribution in [0.5, 0.6) is 0 Å². The Morgan fingerprint density at radius 2 is 1.88 bits per heavy atom. The van der Waals surface area contributed by atoms with Crippen molar-refractivity contribution >= 4 is 11.9 Å². The van der Waals surface area contributed by atoms with Gasteiger partial charge in [-0.15, -0.1) is 0 Å². The van der Waals surface area contributed by atoms with E-state index in [1.54, 1.807) is 0 Å². The molecule has 1 heterocycles. The molecule has 2 aliphatic rings. The van der Waals surface area contributed by atoms with Crippen molar-refractivity contribution in [1.29, 1.82) is 0 Å². The normalized spacial score (nSPS) is 27.6. The molecule has 0 saturated heterocycles. The summed E-state index contributed by atoms with van der Waals surface area (Å²) in [6.45, 7) is 0. The molecule has 1 aromatic rings. The summed E-state index contributed by atoms with van der Waals surface area (Å²) in [5, 5.41) is 3.67. The molecule has 0 bridgehead atoms. The number of nitrogens with zero attached hydrogens (tertiary/aromatic N) is 1. The Morgan fingerprint density at radius 3 is 2.76 bits per heavy atom. The zero-order chi connectivity index (χ0) is 11.5. The van der Waals surface area contributed by atoms with Gasteiger partial charge in [-0.05, 0) is 24.5 Å². The van der Waals surface area contributed by atoms with E-state index >= 15 is 0 Å². The van der Waals surface area contributed by atoms with E-state index in [0.29, 0.717) is 12.1 Å². The van der Waals surface area contributed by atoms with Gasteiger partial charge >= 0.3 is 0 Å². The molecule has 3 rings (SSSR count). The minimum absolute atomic E-state index is 0.473. The summed E-state index contributed by atoms with van der Waals surface area (Å²) in [6.07, 6.45) is 9.20. The van der Waals surface area contributed by atoms with Gasteiger partial charge in [0.15, 0.2) is 0 Å². The molecule has 1 fully saturated rings. The van der Waals surface area contributed by atoms with Crippen molar-refractivity contribution in [1.82, 2.24) is 5.32 Å². The molecule has 0 amide bonds. The molecule has 1 aliphatic carbocycles. The van der Waals surface area contributed by atoms with Gasteiger partial charge in [0.05, 0.1) is 6.04 Å². The molecule has 2 nitrogen and oxygen atoms in total. The minimum atomic E-state index is 0.473. The van der Waals surface area contributed by atoms with E-state index in [2.05, 4.69) is 46.7 Å². The summed E-state index contributed by atoms with van der Waals surface area (Å²) in [4.78, 5) is 4.66. The first-order valence-electron chi connectivity index (χ1n) is 6.49. The highest BCUT2D eigenvalue weighted by Gasteiger charge is 2.25. The second-order valence-corrected chi connectivity index (χ2v) is 4.85. The van der Waals surface area contributed by atoms with Crippen LogP contribution >= 0.6 is 0 Å². The summed E-state index contributed by atoms with van der Waals surface area (Å²) >= 11 is 0. The molecule has 0 aromatic heterocycles. The van der Waals surface area contributed by atoms with E-state index in [-0.39, 0.29) is 0 Å². The number of allylic oxidation sites excluding steroid dienone is 1. The summed E-state index contributed by atoms with van der Waals surface area (Å²) < 4.78 is 0. The van der Waals surface area contributed by atoms with Crippen LogP contribution in [0.4, 0.5) is 0 Å². The van der Waals surface area contributed by atoms with E-state index in [4.69, 9.17) is 0 Å². The Bertz CT molecular complexity index is 433. The second kappa shape index (κ2) is 4.74. The molecule has 0 unspecified atom stereocenters. The topological polar surface area (TPSA) is 24.4 Å². The second-order valence-electron chi connectivity index (χ2n) is 4.85. The molecule has 0 spiro atoms. The van der Waals surface area contributed by atoms with Crippen molar-refractivity contribution in [2.45, 2.75) is 37.8 Å². The number of aliphatic imine (C=N–C) groups is 1. The summed E-state index contributed by atoms with van der Waals surface area (Å²) in [5.74, 6) is 0. The van der Waals surface area contributed by atoms with Crippen molar-refractivity contribution in [3.8, 4) is 0 Å². The Kier molecular flexibility index (Phi) is 2.95. The van der Waals surface area contributed by atoms with Gasteiger partial charge in [-0.3, -0.25) is 4.99 Å². The van der Waals surface area contributed by atoms with Crippen LogP contribution in [-0.2, 0) is 0 Å². The highest BCUT2D eigenvalue weighted by Crippen LogP contribution is 2.25. The van der Waals surface area contributed by atoms with Crippen LogP contribution in [0.2, 0.25) is 0 Å². The molecule has 88 valence electrons. The molecule has 1 saturated carbocycles. The first-order chi connectivity index (χ1) is 8.43. The maximum absolute atomic E-state index is 4.66. The average molecular weight is 226 g/mol. The van der Waals surface area contributed by atoms with Crippen molar-refractivity contribution in [3.05, 3.63) is 42.0 Å². The van der Waals surface area contributed by atoms with Gasteiger partial charge in [0.2, 0.25) is 0 Å². The van der Waals surface area contributed by atoms with Gasteiger partial charge in [0.1, 0.15) is 0 Å². The number of nitrogens with one attached hydrogen (secondary N) is 1. The fourth-order valence-corrected chi connectivity index (χ4v) is 2.73. The molecule has 0 radical (unpaired) electrons. The lowest BCUT2D eigenvalue weighted by atomic mass is 9.90. The predicted molar refractivity (Wildman–Crippen MR) is 72.1 cm³/mol. The quantitative estimate of drug-likeness (QED) is 0.782. The van der Waals surface area contributed by atoms with Crippen LogP contribution < -0.4 is 5.32 Å². The average Bonchev–Trinajstić information content (AvgIpc) is 2.62. The van der Waals surface area contributed by atoms with Crippen LogP contribution in [0, 0.1) is 0 Å². The summed E-state index contributed by atoms with van der Waals surface area (Å²) in [7, 11) is 0. The van der Waals surface area contributed by atoms with Crippen LogP contribution in [0.15, 0.2) is 41.4 Å². The molecule has 2 heteroatoms. The van der Waals surface area contributed by atoms with Gasteiger partial charge in [-0.2, -0.15) is 0 Å². The summed E-state index contributed by atoms with van der Waals surface area (Å²) in [5.41, 5.74) is 2.47. The fourth-order valence-electron chi connectivity index (χ4n) is 2.73. The lowest BCUT2D eigenvalue weighted by molar-refractivity contribution is 0.361. The van der Waals surface area contributed by atoms with Crippen LogP contribution in [0.25, 0.3) is 5.70 Å². The highest BCUT2D eigenvalue weighted by molar-refractivity contribution is 5.84. The van der Waals surface area contributed by atoms with E-state index in [0.717, 1.165) is 0 Å². The molecule has 1 aliphatic heterocycles. The first kappa shape index (κ1) is 10.6. The summed E-state index contributed by atoms with van der Waals surface area (Å²) in [6, 6.07) is 11.5. The Hall–Kier alpha value is -1.57. The van der Waals surface area contributed by atoms with E-state index < -0.39 is 0 Å². The largest absolute Gasteiger partial charge is 0.380 e. The maximum atomic E-state index is 4.66. The Balaban J connectivity index is 1.84. The number of benzene rings is 1. The number of rotatable bonds is 1. The number of fused-ring (bicyclic) bond motifs is 1. The van der Waals surface area contributed by atoms with Crippen molar-refractivity contribution in [3.63, 3.8) is 0 Å². The van der Waals surface area contributed by atoms with Gasteiger partial charge in [0.25, 0.3) is 0 Å². The van der Waals surface area contributed by atoms with Crippen LogP contribution in [0.3, 0.4) is 0 Å². The zero-order valence-electron chi connectivity index (χ0n) is 9.97. The third kappa shape index (κ3) is 2.26. The van der Waals surface area contributed by atoms with E-state index in [9.17, 15) is 0 Å². The van der Waals surface area contributed by atoms with Gasteiger partial charge in [-0.1, -0.05) is 43.2 Å². The lowest BCUT2D eigenvalue weighted by Crippen LogP contribution is -2.39. The Labute approximate surface area is 102 Å². The molecule has 1 N–H and O–H groups in total. The number of hydrogen-bond donors (Lipinski definition) is 1. The van der Waals surface area contributed by atoms with E-state index in [1.807, 2.05) is 6.21 Å². The molecule has 2 atom stereocenters. The minimum Gasteiger partial charge on any atom is -0.380 e. The standard InChI is InChI=1S/C15H18N2/c1-2-6-12(7-3-1)13-10-11-16-14-8-4-5-9-15(14)17-13/h1-3,6-7,10-11,14-15,17H,4-5,8-9H2/t14-,15+/m0/s1. The van der Waals surface area contributed by atoms with Crippen molar-refractivity contribution in [2.24, 2.45) is 4.99 Å². The highest BCUT2D eigenvalue weighted by atomic mass is 15.0. The lowest BCUT2D eigenvalue weighted by Gasteiger charge is -2.29. The molecule has 1 aromatic carbocycles. The smallest absolute Gasteiger partial charge is 0.0700 e.